The molecule has 0 amide bonds. The number of nitrogens with one attached hydrogen (secondary N) is 1. The van der Waals surface area contributed by atoms with Crippen LogP contribution in [0.4, 0.5) is 17.5 Å². The monoisotopic (exact) mass is 1580 g/mol. The maximum atomic E-state index is 11.7. The highest BCUT2D eigenvalue weighted by atomic mass is 32.2. The number of hydrogen-bond donors (Lipinski definition) is 3. The number of nitriles is 3. The number of anilines is 3. The van der Waals surface area contributed by atoms with Crippen LogP contribution in [-0.2, 0) is 35.7 Å². The average molecular weight is 1580 g/mol. The Bertz CT molecular complexity index is 5710. The number of piperazine rings is 2. The van der Waals surface area contributed by atoms with Crippen LogP contribution >= 0.6 is 0 Å². The third-order valence-corrected chi connectivity index (χ3v) is 24.8. The fourth-order valence-electron chi connectivity index (χ4n) is 16.6. The molecular formula is C87H93N21O7S. The maximum absolute atomic E-state index is 11.7. The number of fused-ring (bicyclic) bond motifs is 7. The summed E-state index contributed by atoms with van der Waals surface area (Å²) in [6.45, 7) is 14.9. The molecule has 12 aromatic heterocycles. The molecule has 0 aromatic carbocycles. The van der Waals surface area contributed by atoms with Crippen LogP contribution in [0, 0.1) is 44.7 Å². The van der Waals surface area contributed by atoms with E-state index in [-0.39, 0.29) is 12.0 Å². The van der Waals surface area contributed by atoms with E-state index in [1.165, 1.54) is 24.0 Å². The molecule has 4 unspecified atom stereocenters. The molecule has 594 valence electrons. The molecule has 3 N–H and O–H groups in total. The lowest BCUT2D eigenvalue weighted by Crippen LogP contribution is -2.68. The van der Waals surface area contributed by atoms with Crippen molar-refractivity contribution in [3.05, 3.63) is 210 Å². The molecule has 20 rings (SSSR count). The summed E-state index contributed by atoms with van der Waals surface area (Å²) in [5, 5.41) is 62.6. The lowest BCUT2D eigenvalue weighted by molar-refractivity contribution is -0.00879. The summed E-state index contributed by atoms with van der Waals surface area (Å²) in [6.07, 6.45) is 28.6. The number of piperidine rings is 3. The zero-order valence-corrected chi connectivity index (χ0v) is 66.7. The van der Waals surface area contributed by atoms with Crippen molar-refractivity contribution >= 4 is 43.7 Å². The van der Waals surface area contributed by atoms with Gasteiger partial charge in [-0.2, -0.15) is 31.1 Å². The Morgan fingerprint density at radius 1 is 0.509 bits per heavy atom. The SMILES string of the molecule is CC(C)(O)CCc1cc(-c2ccc(N3CCC(Oc4ccccn4)CC3)nc2)c2c(C#N)cnn2c1.COc1ccc(CN2C3CC2CN(c2ccc(-c4cc(CCC(C)(C)O)cn5ncc(C#N)c45)cn2)C3)cn1.COc1ccc(CN2C3CC2CN(c2ccc(-c4cc(OCC5CS(=N)(=O)C5)cn5ncc(C#N)c45)cn2)C3)cn1. The van der Waals surface area contributed by atoms with E-state index >= 15 is 0 Å². The highest BCUT2D eigenvalue weighted by Crippen LogP contribution is 2.40. The lowest BCUT2D eigenvalue weighted by Gasteiger charge is -2.56. The molecule has 12 aromatic rings. The Morgan fingerprint density at radius 3 is 1.33 bits per heavy atom. The third-order valence-electron chi connectivity index (χ3n) is 22.8. The van der Waals surface area contributed by atoms with Gasteiger partial charge in [-0.1, -0.05) is 18.2 Å². The lowest BCUT2D eigenvalue weighted by atomic mass is 9.87. The molecule has 4 bridgehead atoms. The van der Waals surface area contributed by atoms with E-state index in [9.17, 15) is 30.2 Å². The summed E-state index contributed by atoms with van der Waals surface area (Å²) < 4.78 is 47.0. The van der Waals surface area contributed by atoms with Gasteiger partial charge in [0.25, 0.3) is 0 Å². The van der Waals surface area contributed by atoms with Crippen LogP contribution in [0.25, 0.3) is 49.9 Å². The Kier molecular flexibility index (Phi) is 22.1. The molecule has 8 aliphatic heterocycles. The van der Waals surface area contributed by atoms with E-state index in [1.807, 2.05) is 126 Å². The van der Waals surface area contributed by atoms with Gasteiger partial charge < -0.3 is 43.9 Å². The second-order valence-electron chi connectivity index (χ2n) is 32.3. The minimum atomic E-state index is -2.41. The first-order chi connectivity index (χ1) is 56.1. The molecule has 0 radical (unpaired) electrons. The Hall–Kier alpha value is -12.2. The Balaban J connectivity index is 0.000000131. The second-order valence-corrected chi connectivity index (χ2v) is 34.6. The predicted octanol–water partition coefficient (Wildman–Crippen LogP) is 11.4. The van der Waals surface area contributed by atoms with Crippen molar-refractivity contribution in [3.8, 4) is 75.0 Å². The summed E-state index contributed by atoms with van der Waals surface area (Å²) in [7, 11) is 0.852. The molecule has 116 heavy (non-hydrogen) atoms. The van der Waals surface area contributed by atoms with Crippen molar-refractivity contribution in [2.24, 2.45) is 5.92 Å². The highest BCUT2D eigenvalue weighted by Gasteiger charge is 2.46. The summed E-state index contributed by atoms with van der Waals surface area (Å²) in [5.74, 6) is 6.27. The van der Waals surface area contributed by atoms with Gasteiger partial charge in [-0.3, -0.25) is 14.6 Å². The van der Waals surface area contributed by atoms with Crippen LogP contribution < -0.4 is 33.6 Å². The quantitative estimate of drug-likeness (QED) is 0.0535. The molecule has 0 spiro atoms. The number of rotatable bonds is 23. The number of aromatic nitrogens is 12. The Morgan fingerprint density at radius 2 is 0.948 bits per heavy atom. The van der Waals surface area contributed by atoms with Crippen molar-refractivity contribution in [2.75, 3.05) is 86.3 Å². The molecular weight excluding hydrogens is 1480 g/mol. The first-order valence-electron chi connectivity index (χ1n) is 39.3. The summed E-state index contributed by atoms with van der Waals surface area (Å²) in [4.78, 5) is 39.5. The van der Waals surface area contributed by atoms with Crippen molar-refractivity contribution < 1.29 is 33.4 Å². The molecule has 20 heterocycles. The van der Waals surface area contributed by atoms with Crippen LogP contribution in [-0.4, -0.2) is 196 Å². The van der Waals surface area contributed by atoms with Gasteiger partial charge >= 0.3 is 0 Å². The summed E-state index contributed by atoms with van der Waals surface area (Å²) >= 11 is 0. The van der Waals surface area contributed by atoms with E-state index < -0.39 is 20.9 Å². The van der Waals surface area contributed by atoms with Gasteiger partial charge in [0.05, 0.1) is 90.1 Å². The zero-order valence-electron chi connectivity index (χ0n) is 65.9. The van der Waals surface area contributed by atoms with Gasteiger partial charge in [0.1, 0.15) is 47.5 Å². The zero-order chi connectivity index (χ0) is 80.4. The molecule has 0 aliphatic carbocycles. The van der Waals surface area contributed by atoms with Gasteiger partial charge in [0, 0.05) is 218 Å². The molecule has 8 aliphatic rings. The van der Waals surface area contributed by atoms with Crippen LogP contribution in [0.1, 0.15) is 105 Å². The second kappa shape index (κ2) is 33.0. The summed E-state index contributed by atoms with van der Waals surface area (Å²) in [6, 6.07) is 40.9. The van der Waals surface area contributed by atoms with Crippen molar-refractivity contribution in [2.45, 2.75) is 134 Å². The topological polar surface area (TPSA) is 335 Å². The number of aliphatic hydroxyl groups is 2. The van der Waals surface area contributed by atoms with Gasteiger partial charge in [0.15, 0.2) is 0 Å². The van der Waals surface area contributed by atoms with Gasteiger partial charge in [-0.05, 0) is 149 Å². The average Bonchev–Trinajstić information content (AvgIpc) is 1.04. The normalized spacial score (nSPS) is 19.9. The highest BCUT2D eigenvalue weighted by molar-refractivity contribution is 7.93. The minimum Gasteiger partial charge on any atom is -0.492 e. The van der Waals surface area contributed by atoms with E-state index in [1.54, 1.807) is 58.8 Å². The first kappa shape index (κ1) is 77.8. The number of hydrogen-bond acceptors (Lipinski definition) is 25. The minimum absolute atomic E-state index is 0.118. The predicted molar refractivity (Wildman–Crippen MR) is 440 cm³/mol. The van der Waals surface area contributed by atoms with E-state index in [0.717, 1.165) is 138 Å². The number of ether oxygens (including phenoxy) is 4. The fourth-order valence-corrected chi connectivity index (χ4v) is 18.2. The largest absolute Gasteiger partial charge is 0.492 e. The molecule has 8 saturated heterocycles. The van der Waals surface area contributed by atoms with Crippen LogP contribution in [0.15, 0.2) is 171 Å². The summed E-state index contributed by atoms with van der Waals surface area (Å²) in [5.41, 5.74) is 12.2. The Labute approximate surface area is 673 Å². The number of aryl methyl sites for hydroxylation is 2. The third kappa shape index (κ3) is 17.4. The first-order valence-corrected chi connectivity index (χ1v) is 41.2. The van der Waals surface area contributed by atoms with Gasteiger partial charge in [-0.25, -0.2) is 47.7 Å². The standard InChI is InChI=1S/C30H33N7O2.C29H30N8O3S.C28H30N6O2/c1-30(2,38)9-8-20-10-26(29-23(12-31)15-34-37(29)17-20)22-5-6-27(32-14-22)35-18-24-11-25(19-35)36(24)16-21-4-7-28(39-3)33-13-21;1-39-28-5-2-19(9-33-28)12-36-23-6-24(36)14-35(13-23)27-4-3-21(10-32-27)26-7-25(40-16-20-17-41(31,38)18-20)15-37-29(26)22(8-30)11-34-37;1-28(2,35)11-8-20-15-24(27-22(16-29)18-32-34(27)19-20)21-6-7-25(31-17-21)33-13-9-23(10-14-33)36-26-5-3-4-12-30-26/h4-7,10,13-15,17,24-25,38H,8-9,11,16,18-19H2,1-3H3;2-5,7,9-11,15,20,23-24,31H,6,12-14,16-18H2,1H3;3-7,12,15,17-19,23,35H,8-11,13-14H2,1-2H3. The van der Waals surface area contributed by atoms with E-state index in [0.29, 0.717) is 114 Å². The number of pyridine rings is 9. The van der Waals surface area contributed by atoms with Gasteiger partial charge in [-0.15, -0.1) is 0 Å². The molecule has 0 saturated carbocycles. The molecule has 28 nitrogen and oxygen atoms in total. The van der Waals surface area contributed by atoms with Crippen molar-refractivity contribution in [3.63, 3.8) is 0 Å². The maximum Gasteiger partial charge on any atom is 0.213 e. The van der Waals surface area contributed by atoms with Crippen molar-refractivity contribution in [1.29, 1.82) is 20.6 Å². The number of methoxy groups -OCH3 is 2. The molecule has 29 heteroatoms. The van der Waals surface area contributed by atoms with E-state index in [4.69, 9.17) is 38.7 Å². The van der Waals surface area contributed by atoms with Crippen LogP contribution in [0.3, 0.4) is 0 Å². The van der Waals surface area contributed by atoms with Gasteiger partial charge in [0.2, 0.25) is 17.6 Å². The molecule has 8 fully saturated rings. The number of nitrogens with zero attached hydrogens (tertiary/aromatic N) is 20. The smallest absolute Gasteiger partial charge is 0.213 e. The molecule has 4 atom stereocenters. The van der Waals surface area contributed by atoms with Crippen LogP contribution in [0.5, 0.6) is 23.4 Å². The fraction of sp³-hybridized carbons (Fsp3) is 0.379. The van der Waals surface area contributed by atoms with Crippen molar-refractivity contribution in [1.82, 2.24) is 68.5 Å². The van der Waals surface area contributed by atoms with Crippen LogP contribution in [0.2, 0.25) is 0 Å². The van der Waals surface area contributed by atoms with E-state index in [2.05, 4.69) is 115 Å².